The van der Waals surface area contributed by atoms with Crippen LogP contribution in [0.5, 0.6) is 5.88 Å². The number of hydrogen-bond acceptors (Lipinski definition) is 4. The van der Waals surface area contributed by atoms with Crippen LogP contribution in [-0.4, -0.2) is 43.3 Å². The second-order valence-electron chi connectivity index (χ2n) is 5.18. The van der Waals surface area contributed by atoms with Gasteiger partial charge in [0.2, 0.25) is 5.88 Å². The third kappa shape index (κ3) is 7.55. The van der Waals surface area contributed by atoms with Gasteiger partial charge in [0.15, 0.2) is 6.61 Å². The van der Waals surface area contributed by atoms with Crippen molar-refractivity contribution in [3.05, 3.63) is 23.9 Å². The fourth-order valence-corrected chi connectivity index (χ4v) is 2.26. The Bertz CT molecular complexity index is 512. The molecule has 0 saturated carbocycles. The molecule has 10 heteroatoms. The number of carbonyl (C=O) groups excluding carboxylic acids is 1. The molecule has 0 bridgehead atoms. The summed E-state index contributed by atoms with van der Waals surface area (Å²) in [7, 11) is 0. The summed E-state index contributed by atoms with van der Waals surface area (Å²) >= 11 is 0. The Morgan fingerprint density at radius 3 is 2.79 bits per heavy atom. The van der Waals surface area contributed by atoms with E-state index in [0.717, 1.165) is 25.9 Å². The molecule has 1 aliphatic heterocycles. The lowest BCUT2D eigenvalue weighted by Gasteiger charge is -2.23. The molecule has 138 valence electrons. The van der Waals surface area contributed by atoms with Gasteiger partial charge in [-0.25, -0.2) is 4.98 Å². The van der Waals surface area contributed by atoms with Crippen molar-refractivity contribution in [1.82, 2.24) is 15.6 Å². The number of nitrogens with zero attached hydrogens (tertiary/aromatic N) is 1. The largest absolute Gasteiger partial charge is 0.467 e. The minimum Gasteiger partial charge on any atom is -0.467 e. The Morgan fingerprint density at radius 1 is 1.42 bits per heavy atom. The van der Waals surface area contributed by atoms with Gasteiger partial charge < -0.3 is 15.4 Å². The van der Waals surface area contributed by atoms with Crippen LogP contribution >= 0.6 is 24.8 Å². The molecule has 2 heterocycles. The zero-order valence-electron chi connectivity index (χ0n) is 12.8. The number of alkyl halides is 3. The van der Waals surface area contributed by atoms with Crippen molar-refractivity contribution >= 4 is 30.7 Å². The number of aromatic nitrogens is 1. The molecule has 1 aliphatic rings. The highest BCUT2D eigenvalue weighted by atomic mass is 35.5. The molecule has 1 amide bonds. The van der Waals surface area contributed by atoms with Crippen molar-refractivity contribution in [1.29, 1.82) is 0 Å². The average molecular weight is 390 g/mol. The van der Waals surface area contributed by atoms with Crippen molar-refractivity contribution < 1.29 is 22.7 Å². The predicted octanol–water partition coefficient (Wildman–Crippen LogP) is 2.60. The summed E-state index contributed by atoms with van der Waals surface area (Å²) in [5.41, 5.74) is 0.00974. The predicted molar refractivity (Wildman–Crippen MR) is 88.2 cm³/mol. The molecule has 24 heavy (non-hydrogen) atoms. The highest BCUT2D eigenvalue weighted by molar-refractivity contribution is 5.96. The molecule has 0 radical (unpaired) electrons. The summed E-state index contributed by atoms with van der Waals surface area (Å²) in [6.07, 6.45) is -1.13. The quantitative estimate of drug-likeness (QED) is 0.812. The highest BCUT2D eigenvalue weighted by Crippen LogP contribution is 2.20. The number of piperidine rings is 1. The molecule has 5 nitrogen and oxygen atoms in total. The van der Waals surface area contributed by atoms with Crippen molar-refractivity contribution in [3.63, 3.8) is 0 Å². The maximum absolute atomic E-state index is 12.2. The standard InChI is InChI=1S/C14H18F3N3O2.2ClH/c15-14(16,17)9-22-13-11(4-2-6-19-13)12(21)20-8-10-3-1-5-18-7-10;;/h2,4,6,10,18H,1,3,5,7-9H2,(H,20,21);2*1H. The van der Waals surface area contributed by atoms with Crippen LogP contribution < -0.4 is 15.4 Å². The molecule has 1 atom stereocenters. The third-order valence-corrected chi connectivity index (χ3v) is 3.34. The fourth-order valence-electron chi connectivity index (χ4n) is 2.26. The van der Waals surface area contributed by atoms with E-state index in [0.29, 0.717) is 12.5 Å². The van der Waals surface area contributed by atoms with Gasteiger partial charge in [-0.05, 0) is 44.0 Å². The first-order chi connectivity index (χ1) is 10.5. The summed E-state index contributed by atoms with van der Waals surface area (Å²) in [5.74, 6) is -0.455. The molecule has 2 rings (SSSR count). The van der Waals surface area contributed by atoms with Gasteiger partial charge in [0.25, 0.3) is 5.91 Å². The van der Waals surface area contributed by atoms with E-state index in [1.165, 1.54) is 18.3 Å². The lowest BCUT2D eigenvalue weighted by molar-refractivity contribution is -0.154. The van der Waals surface area contributed by atoms with Gasteiger partial charge in [0, 0.05) is 12.7 Å². The lowest BCUT2D eigenvalue weighted by Crippen LogP contribution is -2.38. The molecule has 1 fully saturated rings. The number of pyridine rings is 1. The number of amides is 1. The van der Waals surface area contributed by atoms with Crippen LogP contribution in [0.3, 0.4) is 0 Å². The molecule has 1 aromatic rings. The Kier molecular flexibility index (Phi) is 10.0. The van der Waals surface area contributed by atoms with Crippen LogP contribution in [0.1, 0.15) is 23.2 Å². The van der Waals surface area contributed by atoms with Crippen molar-refractivity contribution in [2.75, 3.05) is 26.2 Å². The maximum Gasteiger partial charge on any atom is 0.422 e. The average Bonchev–Trinajstić information content (AvgIpc) is 2.51. The third-order valence-electron chi connectivity index (χ3n) is 3.34. The first-order valence-electron chi connectivity index (χ1n) is 7.09. The van der Waals surface area contributed by atoms with Gasteiger partial charge in [0.1, 0.15) is 5.56 Å². The number of nitrogens with one attached hydrogen (secondary N) is 2. The van der Waals surface area contributed by atoms with E-state index in [1.807, 2.05) is 0 Å². The van der Waals surface area contributed by atoms with E-state index >= 15 is 0 Å². The normalized spacial score (nSPS) is 17.2. The molecular weight excluding hydrogens is 370 g/mol. The molecule has 0 spiro atoms. The Morgan fingerprint density at radius 2 is 2.17 bits per heavy atom. The number of ether oxygens (including phenoxy) is 1. The van der Waals surface area contributed by atoms with Crippen LogP contribution in [0, 0.1) is 5.92 Å². The number of halogens is 5. The molecule has 0 aliphatic carbocycles. The molecule has 1 unspecified atom stereocenters. The van der Waals surface area contributed by atoms with Crippen LogP contribution in [-0.2, 0) is 0 Å². The van der Waals surface area contributed by atoms with Crippen LogP contribution in [0.2, 0.25) is 0 Å². The van der Waals surface area contributed by atoms with Gasteiger partial charge in [0.05, 0.1) is 0 Å². The summed E-state index contributed by atoms with van der Waals surface area (Å²) in [5, 5.41) is 5.96. The van der Waals surface area contributed by atoms with E-state index in [2.05, 4.69) is 20.4 Å². The minimum atomic E-state index is -4.47. The summed E-state index contributed by atoms with van der Waals surface area (Å²) < 4.78 is 41.2. The topological polar surface area (TPSA) is 63.2 Å². The second kappa shape index (κ2) is 10.6. The number of rotatable bonds is 5. The van der Waals surface area contributed by atoms with Gasteiger partial charge >= 0.3 is 6.18 Å². The van der Waals surface area contributed by atoms with Gasteiger partial charge in [-0.2, -0.15) is 13.2 Å². The van der Waals surface area contributed by atoms with E-state index in [1.54, 1.807) is 0 Å². The molecule has 1 saturated heterocycles. The minimum absolute atomic E-state index is 0. The second-order valence-corrected chi connectivity index (χ2v) is 5.18. The maximum atomic E-state index is 12.2. The number of hydrogen-bond donors (Lipinski definition) is 2. The van der Waals surface area contributed by atoms with Gasteiger partial charge in [-0.15, -0.1) is 24.8 Å². The summed E-state index contributed by atoms with van der Waals surface area (Å²) in [6.45, 7) is 0.795. The van der Waals surface area contributed by atoms with Gasteiger partial charge in [-0.3, -0.25) is 4.79 Å². The van der Waals surface area contributed by atoms with Crippen LogP contribution in [0.25, 0.3) is 0 Å². The molecule has 1 aromatic heterocycles. The number of carbonyl (C=O) groups is 1. The zero-order valence-corrected chi connectivity index (χ0v) is 14.4. The van der Waals surface area contributed by atoms with Crippen molar-refractivity contribution in [2.24, 2.45) is 5.92 Å². The SMILES string of the molecule is Cl.Cl.O=C(NCC1CCCNC1)c1cccnc1OCC(F)(F)F. The van der Waals surface area contributed by atoms with Crippen LogP contribution in [0.4, 0.5) is 13.2 Å². The summed E-state index contributed by atoms with van der Waals surface area (Å²) in [4.78, 5) is 15.8. The Hall–Kier alpha value is -1.25. The molecule has 0 aromatic carbocycles. The van der Waals surface area contributed by atoms with Crippen LogP contribution in [0.15, 0.2) is 18.3 Å². The summed E-state index contributed by atoms with van der Waals surface area (Å²) in [6, 6.07) is 2.88. The van der Waals surface area contributed by atoms with Crippen molar-refractivity contribution in [3.8, 4) is 5.88 Å². The molecular formula is C14H20Cl2F3N3O2. The Labute approximate surface area is 150 Å². The molecule has 2 N–H and O–H groups in total. The smallest absolute Gasteiger partial charge is 0.422 e. The highest BCUT2D eigenvalue weighted by Gasteiger charge is 2.29. The monoisotopic (exact) mass is 389 g/mol. The first kappa shape index (κ1) is 22.8. The van der Waals surface area contributed by atoms with Gasteiger partial charge in [-0.1, -0.05) is 0 Å². The Balaban J connectivity index is 0.00000264. The van der Waals surface area contributed by atoms with Crippen molar-refractivity contribution in [2.45, 2.75) is 19.0 Å². The van der Waals surface area contributed by atoms with E-state index in [-0.39, 0.29) is 36.3 Å². The van der Waals surface area contributed by atoms with E-state index < -0.39 is 18.7 Å². The van der Waals surface area contributed by atoms with E-state index in [9.17, 15) is 18.0 Å². The lowest BCUT2D eigenvalue weighted by atomic mass is 10.00. The fraction of sp³-hybridized carbons (Fsp3) is 0.571. The first-order valence-corrected chi connectivity index (χ1v) is 7.09. The zero-order chi connectivity index (χ0) is 16.0. The van der Waals surface area contributed by atoms with E-state index in [4.69, 9.17) is 0 Å².